The molecule has 0 amide bonds. The lowest BCUT2D eigenvalue weighted by atomic mass is 10.1. The zero-order chi connectivity index (χ0) is 19.2. The van der Waals surface area contributed by atoms with Gasteiger partial charge in [-0.05, 0) is 42.8 Å². The number of para-hydroxylation sites is 1. The lowest BCUT2D eigenvalue weighted by Gasteiger charge is -2.13. The third-order valence-corrected chi connectivity index (χ3v) is 3.96. The molecule has 8 nitrogen and oxygen atoms in total. The van der Waals surface area contributed by atoms with Crippen LogP contribution in [0.4, 0.5) is 11.4 Å². The van der Waals surface area contributed by atoms with Gasteiger partial charge >= 0.3 is 5.69 Å². The van der Waals surface area contributed by atoms with Gasteiger partial charge in [-0.15, -0.1) is 0 Å². The van der Waals surface area contributed by atoms with Gasteiger partial charge in [0.2, 0.25) is 0 Å². The van der Waals surface area contributed by atoms with E-state index >= 15 is 0 Å². The molecule has 0 aliphatic carbocycles. The highest BCUT2D eigenvalue weighted by Crippen LogP contribution is 2.32. The van der Waals surface area contributed by atoms with E-state index in [4.69, 9.17) is 9.47 Å². The van der Waals surface area contributed by atoms with Gasteiger partial charge in [0.05, 0.1) is 18.6 Å². The molecule has 0 aliphatic rings. The first-order valence-corrected chi connectivity index (χ1v) is 8.45. The van der Waals surface area contributed by atoms with Crippen molar-refractivity contribution in [1.29, 1.82) is 0 Å². The van der Waals surface area contributed by atoms with Crippen LogP contribution in [0.3, 0.4) is 0 Å². The number of rotatable bonds is 8. The number of nitrogens with one attached hydrogen (secondary N) is 1. The Morgan fingerprint density at radius 1 is 1.22 bits per heavy atom. The second-order valence-corrected chi connectivity index (χ2v) is 5.65. The van der Waals surface area contributed by atoms with Crippen LogP contribution in [0.2, 0.25) is 0 Å². The molecular formula is C19H20N4O4. The van der Waals surface area contributed by atoms with E-state index in [-0.39, 0.29) is 5.69 Å². The Labute approximate surface area is 156 Å². The van der Waals surface area contributed by atoms with E-state index < -0.39 is 4.92 Å². The molecule has 1 N–H and O–H groups in total. The van der Waals surface area contributed by atoms with E-state index in [2.05, 4.69) is 10.4 Å². The van der Waals surface area contributed by atoms with E-state index in [0.29, 0.717) is 36.0 Å². The number of benzene rings is 2. The minimum absolute atomic E-state index is 0.0280. The summed E-state index contributed by atoms with van der Waals surface area (Å²) in [5.74, 6) is 1.28. The highest BCUT2D eigenvalue weighted by molar-refractivity contribution is 5.71. The number of hydrogen-bond donors (Lipinski definition) is 1. The molecule has 0 spiro atoms. The fourth-order valence-corrected chi connectivity index (χ4v) is 2.76. The Balaban J connectivity index is 1.87. The van der Waals surface area contributed by atoms with Crippen molar-refractivity contribution >= 4 is 11.4 Å². The fraction of sp³-hybridized carbons (Fsp3) is 0.211. The zero-order valence-corrected chi connectivity index (χ0v) is 15.1. The molecular weight excluding hydrogens is 348 g/mol. The smallest absolute Gasteiger partial charge is 0.317 e. The van der Waals surface area contributed by atoms with Gasteiger partial charge in [0.25, 0.3) is 0 Å². The second kappa shape index (κ2) is 8.22. The van der Waals surface area contributed by atoms with Gasteiger partial charge in [-0.1, -0.05) is 12.1 Å². The average Bonchev–Trinajstić information content (AvgIpc) is 3.21. The van der Waals surface area contributed by atoms with Crippen LogP contribution in [-0.2, 0) is 6.54 Å². The van der Waals surface area contributed by atoms with Crippen LogP contribution < -0.4 is 14.8 Å². The fourth-order valence-electron chi connectivity index (χ4n) is 2.76. The number of aromatic nitrogens is 2. The van der Waals surface area contributed by atoms with Crippen LogP contribution in [0.15, 0.2) is 54.9 Å². The lowest BCUT2D eigenvalue weighted by Crippen LogP contribution is -2.07. The molecule has 0 atom stereocenters. The number of hydrogen-bond acceptors (Lipinski definition) is 6. The maximum absolute atomic E-state index is 11.7. The molecule has 3 rings (SSSR count). The minimum Gasteiger partial charge on any atom is -0.493 e. The number of nitrogens with zero attached hydrogens (tertiary/aromatic N) is 3. The maximum atomic E-state index is 11.7. The summed E-state index contributed by atoms with van der Waals surface area (Å²) in [4.78, 5) is 11.3. The van der Waals surface area contributed by atoms with Crippen molar-refractivity contribution in [2.45, 2.75) is 13.5 Å². The van der Waals surface area contributed by atoms with Gasteiger partial charge in [0, 0.05) is 18.9 Å². The predicted molar refractivity (Wildman–Crippen MR) is 102 cm³/mol. The van der Waals surface area contributed by atoms with E-state index in [1.54, 1.807) is 43.8 Å². The third-order valence-electron chi connectivity index (χ3n) is 3.96. The molecule has 140 valence electrons. The number of nitro benzene ring substituents is 1. The summed E-state index contributed by atoms with van der Waals surface area (Å²) in [5.41, 5.74) is 1.71. The van der Waals surface area contributed by atoms with Crippen molar-refractivity contribution < 1.29 is 14.4 Å². The summed E-state index contributed by atoms with van der Waals surface area (Å²) >= 11 is 0. The number of methoxy groups -OCH3 is 1. The molecule has 0 aliphatic heterocycles. The van der Waals surface area contributed by atoms with Crippen molar-refractivity contribution in [2.75, 3.05) is 19.0 Å². The second-order valence-electron chi connectivity index (χ2n) is 5.65. The molecule has 0 saturated heterocycles. The Bertz CT molecular complexity index is 925. The van der Waals surface area contributed by atoms with Gasteiger partial charge < -0.3 is 14.8 Å². The first-order chi connectivity index (χ1) is 13.1. The molecule has 0 saturated carbocycles. The standard InChI is InChI=1S/C19H20N4O4/c1-3-27-18-12-14(8-9-17(18)26-2)13-20-15-6-4-7-16(19(15)23(24)25)22-11-5-10-21-22/h4-12,20H,3,13H2,1-2H3. The lowest BCUT2D eigenvalue weighted by molar-refractivity contribution is -0.383. The number of ether oxygens (including phenoxy) is 2. The van der Waals surface area contributed by atoms with E-state index in [1.165, 1.54) is 4.68 Å². The number of anilines is 1. The van der Waals surface area contributed by atoms with Crippen LogP contribution in [-0.4, -0.2) is 28.4 Å². The van der Waals surface area contributed by atoms with Gasteiger partial charge in [0.15, 0.2) is 11.5 Å². The van der Waals surface area contributed by atoms with Crippen LogP contribution in [0, 0.1) is 10.1 Å². The van der Waals surface area contributed by atoms with Gasteiger partial charge in [0.1, 0.15) is 11.4 Å². The predicted octanol–water partition coefficient (Wildman–Crippen LogP) is 3.80. The number of nitro groups is 1. The molecule has 2 aromatic carbocycles. The highest BCUT2D eigenvalue weighted by atomic mass is 16.6. The Morgan fingerprint density at radius 3 is 2.74 bits per heavy atom. The molecule has 8 heteroatoms. The SMILES string of the molecule is CCOc1cc(CNc2cccc(-n3cccn3)c2[N+](=O)[O-])ccc1OC. The Kier molecular flexibility index (Phi) is 5.55. The molecule has 0 bridgehead atoms. The quantitative estimate of drug-likeness (QED) is 0.480. The van der Waals surface area contributed by atoms with E-state index in [9.17, 15) is 10.1 Å². The van der Waals surface area contributed by atoms with E-state index in [1.807, 2.05) is 25.1 Å². The van der Waals surface area contributed by atoms with Crippen LogP contribution in [0.5, 0.6) is 11.5 Å². The van der Waals surface area contributed by atoms with Crippen molar-refractivity contribution in [3.05, 3.63) is 70.5 Å². The average molecular weight is 368 g/mol. The van der Waals surface area contributed by atoms with Crippen LogP contribution in [0.25, 0.3) is 5.69 Å². The summed E-state index contributed by atoms with van der Waals surface area (Å²) < 4.78 is 12.3. The molecule has 0 fully saturated rings. The van der Waals surface area contributed by atoms with Crippen molar-refractivity contribution in [1.82, 2.24) is 9.78 Å². The summed E-state index contributed by atoms with van der Waals surface area (Å²) in [7, 11) is 1.58. The largest absolute Gasteiger partial charge is 0.493 e. The highest BCUT2D eigenvalue weighted by Gasteiger charge is 2.21. The molecule has 27 heavy (non-hydrogen) atoms. The summed E-state index contributed by atoms with van der Waals surface area (Å²) in [5, 5.41) is 18.9. The summed E-state index contributed by atoms with van der Waals surface area (Å²) in [6, 6.07) is 12.4. The monoisotopic (exact) mass is 368 g/mol. The molecule has 1 heterocycles. The van der Waals surface area contributed by atoms with Crippen molar-refractivity contribution in [3.63, 3.8) is 0 Å². The topological polar surface area (TPSA) is 91.5 Å². The molecule has 0 radical (unpaired) electrons. The maximum Gasteiger partial charge on any atom is 0.317 e. The van der Waals surface area contributed by atoms with Crippen LogP contribution >= 0.6 is 0 Å². The van der Waals surface area contributed by atoms with Crippen LogP contribution in [0.1, 0.15) is 12.5 Å². The first-order valence-electron chi connectivity index (χ1n) is 8.45. The van der Waals surface area contributed by atoms with Gasteiger partial charge in [-0.3, -0.25) is 10.1 Å². The van der Waals surface area contributed by atoms with E-state index in [0.717, 1.165) is 5.56 Å². The Morgan fingerprint density at radius 2 is 2.07 bits per heavy atom. The summed E-state index contributed by atoms with van der Waals surface area (Å²) in [6.45, 7) is 2.81. The Hall–Kier alpha value is -3.55. The van der Waals surface area contributed by atoms with Crippen molar-refractivity contribution in [3.8, 4) is 17.2 Å². The normalized spacial score (nSPS) is 10.4. The van der Waals surface area contributed by atoms with Gasteiger partial charge in [-0.25, -0.2) is 4.68 Å². The summed E-state index contributed by atoms with van der Waals surface area (Å²) in [6.07, 6.45) is 3.25. The molecule has 3 aromatic rings. The van der Waals surface area contributed by atoms with Gasteiger partial charge in [-0.2, -0.15) is 5.10 Å². The third kappa shape index (κ3) is 4.00. The zero-order valence-electron chi connectivity index (χ0n) is 15.1. The molecule has 0 unspecified atom stereocenters. The van der Waals surface area contributed by atoms with Crippen molar-refractivity contribution in [2.24, 2.45) is 0 Å². The molecule has 1 aromatic heterocycles. The first kappa shape index (κ1) is 18.2. The minimum atomic E-state index is -0.404.